The summed E-state index contributed by atoms with van der Waals surface area (Å²) in [7, 11) is 3.22. The van der Waals surface area contributed by atoms with Gasteiger partial charge in [0.25, 0.3) is 0 Å². The normalized spacial score (nSPS) is 10.1. The van der Waals surface area contributed by atoms with E-state index >= 15 is 0 Å². The molecule has 0 aliphatic carbocycles. The van der Waals surface area contributed by atoms with Crippen molar-refractivity contribution in [2.75, 3.05) is 13.9 Å². The van der Waals surface area contributed by atoms with Gasteiger partial charge < -0.3 is 14.0 Å². The van der Waals surface area contributed by atoms with E-state index in [9.17, 15) is 4.79 Å². The predicted molar refractivity (Wildman–Crippen MR) is 81.2 cm³/mol. The minimum Gasteiger partial charge on any atom is -0.468 e. The topological polar surface area (TPSA) is 40.5 Å². The molecule has 0 aliphatic rings. The first-order valence-corrected chi connectivity index (χ1v) is 6.90. The Bertz CT molecular complexity index is 690. The number of hydrogen-bond donors (Lipinski definition) is 0. The van der Waals surface area contributed by atoms with Crippen LogP contribution in [0.25, 0.3) is 11.3 Å². The second-order valence-electron chi connectivity index (χ2n) is 4.04. The molecule has 1 radical (unpaired) electrons. The van der Waals surface area contributed by atoms with Gasteiger partial charge in [-0.1, -0.05) is 22.9 Å². The smallest absolute Gasteiger partial charge is 0.208 e. The molecule has 0 saturated carbocycles. The molecule has 0 atom stereocenters. The molecule has 0 spiro atoms. The molecule has 0 unspecified atom stereocenters. The first-order valence-electron chi connectivity index (χ1n) is 5.73. The Morgan fingerprint density at radius 2 is 2.14 bits per heavy atom. The van der Waals surface area contributed by atoms with Gasteiger partial charge in [-0.15, -0.1) is 22.0 Å². The van der Waals surface area contributed by atoms with Gasteiger partial charge in [-0.2, -0.15) is 12.1 Å². The number of benzene rings is 1. The maximum Gasteiger partial charge on any atom is 0.208 e. The van der Waals surface area contributed by atoms with Crippen molar-refractivity contribution in [2.24, 2.45) is 7.05 Å². The van der Waals surface area contributed by atoms with Gasteiger partial charge in [0, 0.05) is 46.9 Å². The van der Waals surface area contributed by atoms with Crippen molar-refractivity contribution in [3.63, 3.8) is 0 Å². The minimum absolute atomic E-state index is 0. The predicted octanol–water partition coefficient (Wildman–Crippen LogP) is 3.25. The third-order valence-corrected chi connectivity index (χ3v) is 3.60. The molecule has 1 aromatic carbocycles. The summed E-state index contributed by atoms with van der Waals surface area (Å²) in [5.41, 5.74) is 1.18. The van der Waals surface area contributed by atoms with Crippen LogP contribution in [0.2, 0.25) is 5.02 Å². The largest absolute Gasteiger partial charge is 0.468 e. The van der Waals surface area contributed by atoms with E-state index in [2.05, 4.69) is 22.0 Å². The Labute approximate surface area is 161 Å². The Kier molecular flexibility index (Phi) is 7.58. The van der Waals surface area contributed by atoms with Crippen LogP contribution >= 0.6 is 27.5 Å². The number of aromatic nitrogens is 1. The summed E-state index contributed by atoms with van der Waals surface area (Å²) in [5.74, 6) is 0.600. The fourth-order valence-electron chi connectivity index (χ4n) is 1.72. The van der Waals surface area contributed by atoms with Gasteiger partial charge in [0.15, 0.2) is 6.79 Å². The van der Waals surface area contributed by atoms with Crippen LogP contribution in [0.15, 0.2) is 33.5 Å². The Morgan fingerprint density at radius 1 is 1.43 bits per heavy atom. The summed E-state index contributed by atoms with van der Waals surface area (Å²) in [4.78, 5) is 11.9. The molecule has 1 heterocycles. The number of methoxy groups -OCH3 is 1. The molecular formula is C14H12BrClNO3Y-. The van der Waals surface area contributed by atoms with Crippen molar-refractivity contribution < 1.29 is 42.2 Å². The van der Waals surface area contributed by atoms with Gasteiger partial charge in [0.1, 0.15) is 5.75 Å². The standard InChI is InChI=1S/C14H12BrClNO3.Y/c1-17-13(6-5-11(15)14(17)18)10-4-3-9(7-12(10)16)20-8-19-2;/h3-5,7H,8H2,1-2H3;/q-1;. The van der Waals surface area contributed by atoms with Crippen molar-refractivity contribution in [1.82, 2.24) is 4.57 Å². The SMILES string of the molecule is COCOc1ccc(-c2[c-]cc(Br)c(=O)n2C)c(Cl)c1.[Y]. The van der Waals surface area contributed by atoms with E-state index in [-0.39, 0.29) is 45.1 Å². The molecule has 0 aliphatic heterocycles. The summed E-state index contributed by atoms with van der Waals surface area (Å²) in [5, 5.41) is 0.479. The number of ether oxygens (including phenoxy) is 2. The summed E-state index contributed by atoms with van der Waals surface area (Å²) in [6.45, 7) is 0.151. The average Bonchev–Trinajstić information content (AvgIpc) is 2.44. The maximum atomic E-state index is 11.9. The molecule has 0 saturated heterocycles. The number of nitrogens with zero attached hydrogens (tertiary/aromatic N) is 1. The van der Waals surface area contributed by atoms with E-state index in [1.807, 2.05) is 0 Å². The van der Waals surface area contributed by atoms with E-state index in [0.29, 0.717) is 26.5 Å². The first-order chi connectivity index (χ1) is 9.54. The van der Waals surface area contributed by atoms with E-state index in [0.717, 1.165) is 0 Å². The van der Waals surface area contributed by atoms with Gasteiger partial charge in [0.05, 0.1) is 0 Å². The second-order valence-corrected chi connectivity index (χ2v) is 5.30. The Hall–Kier alpha value is -0.196. The summed E-state index contributed by atoms with van der Waals surface area (Å²) in [6.07, 6.45) is 0. The Balaban J connectivity index is 0.00000220. The number of halogens is 2. The third-order valence-electron chi connectivity index (χ3n) is 2.72. The molecule has 0 fully saturated rings. The first kappa shape index (κ1) is 18.9. The zero-order valence-electron chi connectivity index (χ0n) is 11.5. The van der Waals surface area contributed by atoms with Crippen LogP contribution in [-0.2, 0) is 44.5 Å². The number of rotatable bonds is 4. The minimum atomic E-state index is -0.144. The van der Waals surface area contributed by atoms with Gasteiger partial charge >= 0.3 is 0 Å². The summed E-state index contributed by atoms with van der Waals surface area (Å²) >= 11 is 9.42. The zero-order chi connectivity index (χ0) is 14.7. The van der Waals surface area contributed by atoms with Gasteiger partial charge in [-0.25, -0.2) is 0 Å². The molecular weight excluding hydrogens is 434 g/mol. The quantitative estimate of drug-likeness (QED) is 0.535. The van der Waals surface area contributed by atoms with Crippen LogP contribution in [0.4, 0.5) is 0 Å². The molecule has 0 amide bonds. The molecule has 4 nitrogen and oxygen atoms in total. The van der Waals surface area contributed by atoms with Gasteiger partial charge in [-0.3, -0.25) is 4.79 Å². The molecule has 1 aromatic heterocycles. The molecule has 109 valence electrons. The van der Waals surface area contributed by atoms with Crippen LogP contribution < -0.4 is 10.3 Å². The van der Waals surface area contributed by atoms with Gasteiger partial charge in [-0.05, 0) is 21.6 Å². The van der Waals surface area contributed by atoms with Crippen molar-refractivity contribution in [3.05, 3.63) is 50.2 Å². The third kappa shape index (κ3) is 4.39. The van der Waals surface area contributed by atoms with Crippen LogP contribution in [-0.4, -0.2) is 18.5 Å². The molecule has 2 rings (SSSR count). The van der Waals surface area contributed by atoms with Crippen molar-refractivity contribution in [2.45, 2.75) is 0 Å². The van der Waals surface area contributed by atoms with Crippen molar-refractivity contribution >= 4 is 27.5 Å². The van der Waals surface area contributed by atoms with Crippen LogP contribution in [0, 0.1) is 6.07 Å². The molecule has 2 aromatic rings. The van der Waals surface area contributed by atoms with Crippen molar-refractivity contribution in [1.29, 1.82) is 0 Å². The molecule has 0 bridgehead atoms. The van der Waals surface area contributed by atoms with Crippen molar-refractivity contribution in [3.8, 4) is 17.0 Å². The van der Waals surface area contributed by atoms with E-state index in [1.165, 1.54) is 4.57 Å². The molecule has 21 heavy (non-hydrogen) atoms. The van der Waals surface area contributed by atoms with E-state index in [4.69, 9.17) is 21.1 Å². The summed E-state index contributed by atoms with van der Waals surface area (Å²) < 4.78 is 12.1. The van der Waals surface area contributed by atoms with E-state index in [1.54, 1.807) is 38.4 Å². The number of pyridine rings is 1. The number of hydrogen-bond acceptors (Lipinski definition) is 3. The van der Waals surface area contributed by atoms with Crippen LogP contribution in [0.3, 0.4) is 0 Å². The molecule has 7 heteroatoms. The Morgan fingerprint density at radius 3 is 2.76 bits per heavy atom. The second kappa shape index (κ2) is 8.44. The van der Waals surface area contributed by atoms with Gasteiger partial charge in [0.2, 0.25) is 5.56 Å². The van der Waals surface area contributed by atoms with Crippen LogP contribution in [0.5, 0.6) is 5.75 Å². The zero-order valence-corrected chi connectivity index (χ0v) is 16.7. The van der Waals surface area contributed by atoms with Crippen LogP contribution in [0.1, 0.15) is 0 Å². The van der Waals surface area contributed by atoms with E-state index < -0.39 is 0 Å². The fraction of sp³-hybridized carbons (Fsp3) is 0.214. The average molecular weight is 447 g/mol. The molecule has 0 N–H and O–H groups in total. The monoisotopic (exact) mass is 445 g/mol. The maximum absolute atomic E-state index is 11.9. The summed E-state index contributed by atoms with van der Waals surface area (Å²) in [6, 6.07) is 9.84. The fourth-order valence-corrected chi connectivity index (χ4v) is 2.36.